The third-order valence-electron chi connectivity index (χ3n) is 9.51. The number of pyridine rings is 1. The highest BCUT2D eigenvalue weighted by Gasteiger charge is 2.26. The lowest BCUT2D eigenvalue weighted by Gasteiger charge is -2.30. The maximum Gasteiger partial charge on any atom is 0.407 e. The number of aromatic nitrogens is 5. The highest BCUT2D eigenvalue weighted by molar-refractivity contribution is 5.94. The van der Waals surface area contributed by atoms with Gasteiger partial charge in [0.2, 0.25) is 0 Å². The van der Waals surface area contributed by atoms with Crippen molar-refractivity contribution in [2.24, 2.45) is 0 Å². The van der Waals surface area contributed by atoms with E-state index in [0.717, 1.165) is 48.6 Å². The van der Waals surface area contributed by atoms with E-state index < -0.39 is 17.8 Å². The molecule has 2 aliphatic heterocycles. The Kier molecular flexibility index (Phi) is 9.08. The molecule has 2 aromatic carbocycles. The van der Waals surface area contributed by atoms with E-state index in [2.05, 4.69) is 39.7 Å². The Balaban J connectivity index is 1.14. The van der Waals surface area contributed by atoms with Crippen molar-refractivity contribution in [1.82, 2.24) is 35.1 Å². The second-order valence-corrected chi connectivity index (χ2v) is 14.0. The number of halogens is 1. The molecule has 2 saturated heterocycles. The number of fused-ring (bicyclic) bond motifs is 1. The summed E-state index contributed by atoms with van der Waals surface area (Å²) in [5.74, 6) is -0.522. The second kappa shape index (κ2) is 13.6. The van der Waals surface area contributed by atoms with Gasteiger partial charge in [0.15, 0.2) is 17.7 Å². The number of carboxylic acid groups (broad SMARTS) is 1. The molecule has 2 N–H and O–H groups in total. The zero-order chi connectivity index (χ0) is 35.0. The van der Waals surface area contributed by atoms with Crippen LogP contribution in [0.2, 0.25) is 0 Å². The lowest BCUT2D eigenvalue weighted by molar-refractivity contribution is -0.0368. The minimum atomic E-state index is -0.863. The molecule has 2 aliphatic rings. The van der Waals surface area contributed by atoms with Crippen LogP contribution in [0.3, 0.4) is 0 Å². The summed E-state index contributed by atoms with van der Waals surface area (Å²) in [4.78, 5) is 34.5. The molecule has 2 fully saturated rings. The number of carbonyl (C=O) groups is 2. The predicted molar refractivity (Wildman–Crippen MR) is 183 cm³/mol. The number of piperidine rings is 1. The van der Waals surface area contributed by atoms with Crippen molar-refractivity contribution in [2.45, 2.75) is 77.0 Å². The Bertz CT molecular complexity index is 2020. The van der Waals surface area contributed by atoms with Crippen LogP contribution < -0.4 is 5.32 Å². The SMILES string of the molecule is CC(C)(C)c1noc(C(=O)NCc2ccc(-c3nn(C4CCCCO4)c4ncc(-c5ccc(C6CCN(C(=O)O)CC6)cc5)cc34)cc2F)n1. The summed E-state index contributed by atoms with van der Waals surface area (Å²) in [6, 6.07) is 15.2. The van der Waals surface area contributed by atoms with E-state index in [4.69, 9.17) is 19.3 Å². The first kappa shape index (κ1) is 33.3. The summed E-state index contributed by atoms with van der Waals surface area (Å²) in [6.07, 6.45) is 5.09. The van der Waals surface area contributed by atoms with Gasteiger partial charge in [0, 0.05) is 59.9 Å². The molecule has 3 aromatic heterocycles. The summed E-state index contributed by atoms with van der Waals surface area (Å²) in [7, 11) is 0. The fourth-order valence-corrected chi connectivity index (χ4v) is 6.57. The van der Waals surface area contributed by atoms with E-state index in [1.54, 1.807) is 12.1 Å². The summed E-state index contributed by atoms with van der Waals surface area (Å²) in [6.45, 7) is 7.38. The van der Waals surface area contributed by atoms with Crippen LogP contribution in [0.4, 0.5) is 9.18 Å². The number of rotatable bonds is 7. The first-order valence-corrected chi connectivity index (χ1v) is 17.0. The first-order valence-electron chi connectivity index (χ1n) is 17.0. The number of ether oxygens (including phenoxy) is 1. The van der Waals surface area contributed by atoms with Crippen LogP contribution in [-0.4, -0.2) is 66.6 Å². The standard InChI is InChI=1S/C37H40FN7O5/c1-37(2,3)35-41-34(50-43-35)33(46)40-20-26-12-11-25(19-29(26)38)31-28-18-27(21-39-32(28)45(42-31)30-6-4-5-17-49-30)23-9-7-22(8-10-23)24-13-15-44(16-14-24)36(47)48/h7-12,18-19,21,24,30H,4-6,13-17,20H2,1-3H3,(H,40,46)(H,47,48). The smallest absolute Gasteiger partial charge is 0.407 e. The van der Waals surface area contributed by atoms with Gasteiger partial charge < -0.3 is 24.6 Å². The minimum absolute atomic E-state index is 0.0658. The highest BCUT2D eigenvalue weighted by Crippen LogP contribution is 2.36. The molecule has 260 valence electrons. The van der Waals surface area contributed by atoms with Crippen molar-refractivity contribution in [1.29, 1.82) is 0 Å². The number of likely N-dealkylation sites (tertiary alicyclic amines) is 1. The summed E-state index contributed by atoms with van der Waals surface area (Å²) < 4.78 is 28.6. The lowest BCUT2D eigenvalue weighted by Crippen LogP contribution is -2.36. The fourth-order valence-electron chi connectivity index (χ4n) is 6.57. The molecule has 0 bridgehead atoms. The molecule has 0 saturated carbocycles. The molecule has 12 nitrogen and oxygen atoms in total. The Morgan fingerprint density at radius 1 is 1.00 bits per heavy atom. The number of amides is 2. The molecule has 50 heavy (non-hydrogen) atoms. The molecule has 2 amide bonds. The molecular weight excluding hydrogens is 641 g/mol. The normalized spacial score (nSPS) is 17.3. The van der Waals surface area contributed by atoms with Crippen LogP contribution >= 0.6 is 0 Å². The van der Waals surface area contributed by atoms with Crippen LogP contribution in [0, 0.1) is 5.82 Å². The second-order valence-electron chi connectivity index (χ2n) is 14.0. The predicted octanol–water partition coefficient (Wildman–Crippen LogP) is 7.07. The summed E-state index contributed by atoms with van der Waals surface area (Å²) in [5, 5.41) is 21.5. The van der Waals surface area contributed by atoms with Crippen LogP contribution in [0.25, 0.3) is 33.4 Å². The van der Waals surface area contributed by atoms with E-state index in [1.165, 1.54) is 16.5 Å². The number of hydrogen-bond donors (Lipinski definition) is 2. The molecular formula is C37H40FN7O5. The molecule has 1 atom stereocenters. The van der Waals surface area contributed by atoms with E-state index in [-0.39, 0.29) is 24.1 Å². The molecule has 7 rings (SSSR count). The molecule has 0 aliphatic carbocycles. The number of nitrogens with one attached hydrogen (secondary N) is 1. The van der Waals surface area contributed by atoms with Crippen molar-refractivity contribution >= 4 is 23.0 Å². The lowest BCUT2D eigenvalue weighted by atomic mass is 9.88. The van der Waals surface area contributed by atoms with Crippen LogP contribution in [0.5, 0.6) is 0 Å². The van der Waals surface area contributed by atoms with Crippen molar-refractivity contribution in [3.8, 4) is 22.4 Å². The average Bonchev–Trinajstić information content (AvgIpc) is 3.78. The zero-order valence-electron chi connectivity index (χ0n) is 28.4. The van der Waals surface area contributed by atoms with Crippen molar-refractivity contribution in [3.05, 3.63) is 83.4 Å². The van der Waals surface area contributed by atoms with Gasteiger partial charge in [0.1, 0.15) is 11.5 Å². The van der Waals surface area contributed by atoms with Crippen LogP contribution in [0.15, 0.2) is 59.3 Å². The molecule has 1 unspecified atom stereocenters. The van der Waals surface area contributed by atoms with Crippen molar-refractivity contribution in [2.75, 3.05) is 19.7 Å². The van der Waals surface area contributed by atoms with Gasteiger partial charge in [-0.3, -0.25) is 4.79 Å². The zero-order valence-corrected chi connectivity index (χ0v) is 28.4. The van der Waals surface area contributed by atoms with Gasteiger partial charge >= 0.3 is 17.9 Å². The minimum Gasteiger partial charge on any atom is -0.465 e. The Labute approximate surface area is 288 Å². The number of nitrogens with zero attached hydrogens (tertiary/aromatic N) is 6. The Morgan fingerprint density at radius 3 is 2.42 bits per heavy atom. The Hall–Kier alpha value is -5.17. The number of benzene rings is 2. The van der Waals surface area contributed by atoms with E-state index in [9.17, 15) is 14.7 Å². The summed E-state index contributed by atoms with van der Waals surface area (Å²) >= 11 is 0. The van der Waals surface area contributed by atoms with Gasteiger partial charge in [0.05, 0.1) is 0 Å². The van der Waals surface area contributed by atoms with Crippen LogP contribution in [0.1, 0.15) is 92.7 Å². The molecule has 5 heterocycles. The summed E-state index contributed by atoms with van der Waals surface area (Å²) in [5.41, 5.74) is 4.79. The average molecular weight is 682 g/mol. The quantitative estimate of drug-likeness (QED) is 0.184. The molecule has 5 aromatic rings. The van der Waals surface area contributed by atoms with Crippen molar-refractivity contribution in [3.63, 3.8) is 0 Å². The molecule has 0 spiro atoms. The van der Waals surface area contributed by atoms with E-state index in [1.807, 2.05) is 37.7 Å². The van der Waals surface area contributed by atoms with Gasteiger partial charge in [-0.05, 0) is 61.3 Å². The largest absolute Gasteiger partial charge is 0.465 e. The first-order chi connectivity index (χ1) is 24.0. The molecule has 13 heteroatoms. The highest BCUT2D eigenvalue weighted by atomic mass is 19.1. The van der Waals surface area contributed by atoms with Gasteiger partial charge in [-0.2, -0.15) is 10.1 Å². The van der Waals surface area contributed by atoms with E-state index >= 15 is 4.39 Å². The van der Waals surface area contributed by atoms with E-state index in [0.29, 0.717) is 53.9 Å². The maximum atomic E-state index is 15.6. The topological polar surface area (TPSA) is 148 Å². The van der Waals surface area contributed by atoms with Gasteiger partial charge in [-0.15, -0.1) is 0 Å². The third kappa shape index (κ3) is 6.82. The van der Waals surface area contributed by atoms with Gasteiger partial charge in [-0.25, -0.2) is 18.9 Å². The van der Waals surface area contributed by atoms with Crippen LogP contribution in [-0.2, 0) is 16.7 Å². The molecule has 0 radical (unpaired) electrons. The number of hydrogen-bond acceptors (Lipinski definition) is 8. The maximum absolute atomic E-state index is 15.6. The third-order valence-corrected chi connectivity index (χ3v) is 9.51. The van der Waals surface area contributed by atoms with Gasteiger partial charge in [0.25, 0.3) is 0 Å². The monoisotopic (exact) mass is 681 g/mol. The Morgan fingerprint density at radius 2 is 1.76 bits per heavy atom. The van der Waals surface area contributed by atoms with Crippen molar-refractivity contribution < 1.29 is 28.3 Å². The fraction of sp³-hybridized carbons (Fsp3) is 0.405. The number of carbonyl (C=O) groups excluding carboxylic acids is 1. The van der Waals surface area contributed by atoms with Gasteiger partial charge in [-0.1, -0.05) is 62.3 Å².